The van der Waals surface area contributed by atoms with Gasteiger partial charge in [0.2, 0.25) is 0 Å². The standard InChI is InChI=1S/C15H15NO4/c1-10(16-15(18)19-2)14(17)20-13-9-5-7-11-6-3-4-8-12(11)13/h3-10H,1-2H3,(H,16,18). The fourth-order valence-corrected chi connectivity index (χ4v) is 1.78. The molecule has 2 aromatic rings. The summed E-state index contributed by atoms with van der Waals surface area (Å²) in [6, 6.07) is 12.3. The van der Waals surface area contributed by atoms with Crippen molar-refractivity contribution in [2.45, 2.75) is 13.0 Å². The van der Waals surface area contributed by atoms with Crippen LogP contribution in [0.1, 0.15) is 6.92 Å². The highest BCUT2D eigenvalue weighted by Crippen LogP contribution is 2.25. The number of carbonyl (C=O) groups excluding carboxylic acids is 2. The Bertz CT molecular complexity index is 633. The van der Waals surface area contributed by atoms with E-state index in [2.05, 4.69) is 10.1 Å². The summed E-state index contributed by atoms with van der Waals surface area (Å²) < 4.78 is 9.76. The Morgan fingerprint density at radius 2 is 1.80 bits per heavy atom. The van der Waals surface area contributed by atoms with Gasteiger partial charge < -0.3 is 14.8 Å². The molecule has 0 aliphatic heterocycles. The predicted molar refractivity (Wildman–Crippen MR) is 74.6 cm³/mol. The van der Waals surface area contributed by atoms with Crippen LogP contribution in [0.2, 0.25) is 0 Å². The van der Waals surface area contributed by atoms with Gasteiger partial charge in [0.1, 0.15) is 11.8 Å². The van der Waals surface area contributed by atoms with E-state index in [-0.39, 0.29) is 0 Å². The van der Waals surface area contributed by atoms with Crippen molar-refractivity contribution in [2.24, 2.45) is 0 Å². The summed E-state index contributed by atoms with van der Waals surface area (Å²) in [6.45, 7) is 1.53. The number of hydrogen-bond acceptors (Lipinski definition) is 4. The van der Waals surface area contributed by atoms with E-state index in [0.717, 1.165) is 10.8 Å². The maximum Gasteiger partial charge on any atom is 0.407 e. The molecule has 0 saturated heterocycles. The van der Waals surface area contributed by atoms with Crippen LogP contribution in [0.3, 0.4) is 0 Å². The number of alkyl carbamates (subject to hydrolysis) is 1. The van der Waals surface area contributed by atoms with Crippen LogP contribution in [0.4, 0.5) is 4.79 Å². The van der Waals surface area contributed by atoms with Crippen molar-refractivity contribution in [1.82, 2.24) is 5.32 Å². The molecule has 0 aliphatic rings. The van der Waals surface area contributed by atoms with E-state index < -0.39 is 18.1 Å². The molecular weight excluding hydrogens is 258 g/mol. The van der Waals surface area contributed by atoms with Crippen molar-refractivity contribution in [3.05, 3.63) is 42.5 Å². The fourth-order valence-electron chi connectivity index (χ4n) is 1.78. The Kier molecular flexibility index (Phi) is 4.20. The molecule has 2 rings (SSSR count). The van der Waals surface area contributed by atoms with Crippen LogP contribution in [-0.4, -0.2) is 25.2 Å². The number of amides is 1. The van der Waals surface area contributed by atoms with Crippen LogP contribution in [0, 0.1) is 0 Å². The lowest BCUT2D eigenvalue weighted by Gasteiger charge is -2.13. The van der Waals surface area contributed by atoms with Crippen LogP contribution >= 0.6 is 0 Å². The van der Waals surface area contributed by atoms with Gasteiger partial charge in [-0.3, -0.25) is 0 Å². The van der Waals surface area contributed by atoms with Gasteiger partial charge in [-0.25, -0.2) is 9.59 Å². The Balaban J connectivity index is 2.16. The van der Waals surface area contributed by atoms with Crippen molar-refractivity contribution >= 4 is 22.8 Å². The van der Waals surface area contributed by atoms with Gasteiger partial charge in [0, 0.05) is 5.39 Å². The maximum absolute atomic E-state index is 11.9. The van der Waals surface area contributed by atoms with E-state index >= 15 is 0 Å². The maximum atomic E-state index is 11.9. The monoisotopic (exact) mass is 273 g/mol. The predicted octanol–water partition coefficient (Wildman–Crippen LogP) is 2.49. The van der Waals surface area contributed by atoms with E-state index in [9.17, 15) is 9.59 Å². The number of hydrogen-bond donors (Lipinski definition) is 1. The first-order valence-corrected chi connectivity index (χ1v) is 6.15. The second-order valence-electron chi connectivity index (χ2n) is 4.26. The number of esters is 1. The number of fused-ring (bicyclic) bond motifs is 1. The van der Waals surface area contributed by atoms with Crippen LogP contribution in [-0.2, 0) is 9.53 Å². The van der Waals surface area contributed by atoms with Crippen molar-refractivity contribution in [1.29, 1.82) is 0 Å². The van der Waals surface area contributed by atoms with E-state index in [4.69, 9.17) is 4.74 Å². The molecule has 0 aromatic heterocycles. The van der Waals surface area contributed by atoms with Gasteiger partial charge in [0.15, 0.2) is 0 Å². The molecule has 1 atom stereocenters. The minimum absolute atomic E-state index is 0.464. The molecule has 0 saturated carbocycles. The lowest BCUT2D eigenvalue weighted by molar-refractivity contribution is -0.136. The van der Waals surface area contributed by atoms with E-state index in [1.54, 1.807) is 6.07 Å². The van der Waals surface area contributed by atoms with Gasteiger partial charge in [-0.15, -0.1) is 0 Å². The Labute approximate surface area is 116 Å². The first kappa shape index (κ1) is 13.9. The first-order valence-electron chi connectivity index (χ1n) is 6.15. The molecule has 1 amide bonds. The topological polar surface area (TPSA) is 64.6 Å². The summed E-state index contributed by atoms with van der Waals surface area (Å²) in [5.74, 6) is -0.0848. The fraction of sp³-hybridized carbons (Fsp3) is 0.200. The minimum Gasteiger partial charge on any atom is -0.453 e. The lowest BCUT2D eigenvalue weighted by Crippen LogP contribution is -2.40. The van der Waals surface area contributed by atoms with Gasteiger partial charge in [0.05, 0.1) is 7.11 Å². The van der Waals surface area contributed by atoms with Crippen molar-refractivity contribution in [3.63, 3.8) is 0 Å². The molecule has 0 radical (unpaired) electrons. The number of carbonyl (C=O) groups is 2. The molecule has 2 aromatic carbocycles. The van der Waals surface area contributed by atoms with Crippen molar-refractivity contribution < 1.29 is 19.1 Å². The molecule has 20 heavy (non-hydrogen) atoms. The van der Waals surface area contributed by atoms with E-state index in [1.807, 2.05) is 36.4 Å². The zero-order valence-electron chi connectivity index (χ0n) is 11.3. The summed E-state index contributed by atoms with van der Waals surface area (Å²) in [5.41, 5.74) is 0. The molecule has 0 spiro atoms. The highest BCUT2D eigenvalue weighted by molar-refractivity contribution is 5.91. The molecule has 1 N–H and O–H groups in total. The average Bonchev–Trinajstić information content (AvgIpc) is 2.47. The molecule has 0 fully saturated rings. The third kappa shape index (κ3) is 3.06. The Morgan fingerprint density at radius 3 is 2.55 bits per heavy atom. The average molecular weight is 273 g/mol. The smallest absolute Gasteiger partial charge is 0.407 e. The van der Waals surface area contributed by atoms with Gasteiger partial charge in [-0.05, 0) is 18.4 Å². The third-order valence-electron chi connectivity index (χ3n) is 2.83. The Morgan fingerprint density at radius 1 is 1.10 bits per heavy atom. The van der Waals surface area contributed by atoms with Gasteiger partial charge in [0.25, 0.3) is 0 Å². The van der Waals surface area contributed by atoms with E-state index in [1.165, 1.54) is 14.0 Å². The molecular formula is C15H15NO4. The number of methoxy groups -OCH3 is 1. The largest absolute Gasteiger partial charge is 0.453 e. The summed E-state index contributed by atoms with van der Waals surface area (Å²) in [4.78, 5) is 23.0. The van der Waals surface area contributed by atoms with Gasteiger partial charge in [-0.1, -0.05) is 36.4 Å². The molecule has 104 valence electrons. The summed E-state index contributed by atoms with van der Waals surface area (Å²) >= 11 is 0. The van der Waals surface area contributed by atoms with Gasteiger partial charge >= 0.3 is 12.1 Å². The minimum atomic E-state index is -0.790. The van der Waals surface area contributed by atoms with E-state index in [0.29, 0.717) is 5.75 Å². The normalized spacial score (nSPS) is 11.7. The van der Waals surface area contributed by atoms with Crippen molar-refractivity contribution in [2.75, 3.05) is 7.11 Å². The van der Waals surface area contributed by atoms with Crippen LogP contribution in [0.15, 0.2) is 42.5 Å². The zero-order chi connectivity index (χ0) is 14.5. The zero-order valence-corrected chi connectivity index (χ0v) is 11.3. The number of benzene rings is 2. The van der Waals surface area contributed by atoms with Crippen LogP contribution in [0.25, 0.3) is 10.8 Å². The van der Waals surface area contributed by atoms with Crippen LogP contribution < -0.4 is 10.1 Å². The summed E-state index contributed by atoms with van der Waals surface area (Å²) in [5, 5.41) is 4.18. The van der Waals surface area contributed by atoms with Crippen molar-refractivity contribution in [3.8, 4) is 5.75 Å². The number of rotatable bonds is 3. The SMILES string of the molecule is COC(=O)NC(C)C(=O)Oc1cccc2ccccc12. The molecule has 0 bridgehead atoms. The second kappa shape index (κ2) is 6.06. The number of ether oxygens (including phenoxy) is 2. The Hall–Kier alpha value is -2.56. The quantitative estimate of drug-likeness (QED) is 0.689. The second-order valence-corrected chi connectivity index (χ2v) is 4.26. The lowest BCUT2D eigenvalue weighted by atomic mass is 10.1. The van der Waals surface area contributed by atoms with Gasteiger partial charge in [-0.2, -0.15) is 0 Å². The molecule has 0 heterocycles. The third-order valence-corrected chi connectivity index (χ3v) is 2.83. The molecule has 1 unspecified atom stereocenters. The first-order chi connectivity index (χ1) is 9.61. The summed E-state index contributed by atoms with van der Waals surface area (Å²) in [7, 11) is 1.23. The summed E-state index contributed by atoms with van der Waals surface area (Å²) in [6.07, 6.45) is -0.674. The number of nitrogens with one attached hydrogen (secondary N) is 1. The highest BCUT2D eigenvalue weighted by atomic mass is 16.5. The molecule has 5 nitrogen and oxygen atoms in total. The van der Waals surface area contributed by atoms with Crippen LogP contribution in [0.5, 0.6) is 5.75 Å². The molecule has 0 aliphatic carbocycles. The molecule has 5 heteroatoms. The highest BCUT2D eigenvalue weighted by Gasteiger charge is 2.18.